The third kappa shape index (κ3) is 13.9. The lowest BCUT2D eigenvalue weighted by Crippen LogP contribution is -2.31. The molecule has 0 aromatic carbocycles. The van der Waals surface area contributed by atoms with E-state index in [9.17, 15) is 9.90 Å². The van der Waals surface area contributed by atoms with Gasteiger partial charge in [0, 0.05) is 11.4 Å². The molecule has 2 atom stereocenters. The molecule has 1 aromatic heterocycles. The number of rotatable bonds is 20. The number of aliphatic hydroxyl groups excluding tert-OH is 1. The molecule has 0 saturated heterocycles. The van der Waals surface area contributed by atoms with Crippen LogP contribution in [0.1, 0.15) is 123 Å². The molecule has 6 heteroatoms. The number of hydrogen-bond donors (Lipinski definition) is 2. The van der Waals surface area contributed by atoms with Crippen LogP contribution in [0.3, 0.4) is 0 Å². The predicted molar refractivity (Wildman–Crippen MR) is 136 cm³/mol. The van der Waals surface area contributed by atoms with E-state index in [0.29, 0.717) is 0 Å². The zero-order valence-corrected chi connectivity index (χ0v) is 20.9. The average molecular weight is 454 g/mol. The molecule has 31 heavy (non-hydrogen) atoms. The molecular formula is C25H47N3O2S. The Morgan fingerprint density at radius 2 is 1.35 bits per heavy atom. The number of nitrogens with two attached hydrogens (primary N) is 1. The minimum absolute atomic E-state index is 0.0561. The number of anilines is 1. The first-order valence-corrected chi connectivity index (χ1v) is 13.8. The molecule has 180 valence electrons. The molecule has 2 unspecified atom stereocenters. The second-order valence-corrected chi connectivity index (χ2v) is 10.3. The van der Waals surface area contributed by atoms with Gasteiger partial charge in [0.1, 0.15) is 12.0 Å². The van der Waals surface area contributed by atoms with Gasteiger partial charge in [-0.25, -0.2) is 4.79 Å². The Hall–Kier alpha value is -1.01. The number of nitrogens with zero attached hydrogens (tertiary/aromatic N) is 2. The van der Waals surface area contributed by atoms with Crippen molar-refractivity contribution in [2.24, 2.45) is 0 Å². The van der Waals surface area contributed by atoms with Crippen LogP contribution < -0.4 is 11.4 Å². The zero-order valence-electron chi connectivity index (χ0n) is 20.1. The monoisotopic (exact) mass is 453 g/mol. The second-order valence-electron chi connectivity index (χ2n) is 8.84. The van der Waals surface area contributed by atoms with Crippen LogP contribution in [0.2, 0.25) is 0 Å². The molecule has 0 saturated carbocycles. The third-order valence-electron chi connectivity index (χ3n) is 5.94. The molecule has 1 aromatic rings. The first-order valence-electron chi connectivity index (χ1n) is 12.7. The Morgan fingerprint density at radius 1 is 0.903 bits per heavy atom. The maximum absolute atomic E-state index is 11.8. The Labute approximate surface area is 194 Å². The molecule has 5 nitrogen and oxygen atoms in total. The van der Waals surface area contributed by atoms with E-state index in [4.69, 9.17) is 5.73 Å². The van der Waals surface area contributed by atoms with Crippen molar-refractivity contribution in [3.05, 3.63) is 22.7 Å². The largest absolute Gasteiger partial charge is 0.383 e. The molecule has 0 bridgehead atoms. The third-order valence-corrected chi connectivity index (χ3v) is 7.23. The van der Waals surface area contributed by atoms with E-state index in [0.717, 1.165) is 12.2 Å². The van der Waals surface area contributed by atoms with Crippen LogP contribution in [0.4, 0.5) is 5.82 Å². The van der Waals surface area contributed by atoms with Gasteiger partial charge >= 0.3 is 5.69 Å². The van der Waals surface area contributed by atoms with Gasteiger partial charge in [0.25, 0.3) is 0 Å². The maximum Gasteiger partial charge on any atom is 0.351 e. The SMILES string of the molecule is CCCCCCCCCCCCCCCCCCSC(C)C(O)n1ccc(N)nc1=O. The first kappa shape index (κ1) is 28.0. The van der Waals surface area contributed by atoms with Gasteiger partial charge in [0.15, 0.2) is 0 Å². The fourth-order valence-corrected chi connectivity index (χ4v) is 4.90. The molecule has 0 aliphatic rings. The summed E-state index contributed by atoms with van der Waals surface area (Å²) in [5, 5.41) is 10.3. The van der Waals surface area contributed by atoms with Crippen molar-refractivity contribution in [1.29, 1.82) is 0 Å². The summed E-state index contributed by atoms with van der Waals surface area (Å²) in [5.74, 6) is 1.19. The smallest absolute Gasteiger partial charge is 0.351 e. The normalized spacial score (nSPS) is 13.4. The van der Waals surface area contributed by atoms with Crippen LogP contribution >= 0.6 is 11.8 Å². The van der Waals surface area contributed by atoms with Gasteiger partial charge in [-0.05, 0) is 25.2 Å². The molecule has 1 rings (SSSR count). The van der Waals surface area contributed by atoms with Crippen molar-refractivity contribution in [3.8, 4) is 0 Å². The van der Waals surface area contributed by atoms with Crippen LogP contribution in [0.15, 0.2) is 17.1 Å². The Kier molecular flexibility index (Phi) is 16.8. The van der Waals surface area contributed by atoms with Crippen molar-refractivity contribution in [1.82, 2.24) is 9.55 Å². The Bertz CT molecular complexity index is 609. The van der Waals surface area contributed by atoms with E-state index in [2.05, 4.69) is 11.9 Å². The van der Waals surface area contributed by atoms with E-state index < -0.39 is 11.9 Å². The van der Waals surface area contributed by atoms with Crippen LogP contribution in [-0.4, -0.2) is 25.7 Å². The van der Waals surface area contributed by atoms with Crippen LogP contribution in [0.25, 0.3) is 0 Å². The second kappa shape index (κ2) is 18.6. The summed E-state index contributed by atoms with van der Waals surface area (Å²) in [4.78, 5) is 15.5. The number of hydrogen-bond acceptors (Lipinski definition) is 5. The van der Waals surface area contributed by atoms with Gasteiger partial charge in [0.05, 0.1) is 0 Å². The van der Waals surface area contributed by atoms with Crippen LogP contribution in [-0.2, 0) is 0 Å². The van der Waals surface area contributed by atoms with Gasteiger partial charge in [-0.15, -0.1) is 0 Å². The fourth-order valence-electron chi connectivity index (χ4n) is 3.86. The summed E-state index contributed by atoms with van der Waals surface area (Å²) in [6, 6.07) is 1.54. The summed E-state index contributed by atoms with van der Waals surface area (Å²) >= 11 is 1.71. The summed E-state index contributed by atoms with van der Waals surface area (Å²) in [6.07, 6.45) is 22.6. The Balaban J connectivity index is 1.89. The minimum Gasteiger partial charge on any atom is -0.383 e. The molecule has 0 amide bonds. The highest BCUT2D eigenvalue weighted by Crippen LogP contribution is 2.22. The van der Waals surface area contributed by atoms with Crippen molar-refractivity contribution in [3.63, 3.8) is 0 Å². The summed E-state index contributed by atoms with van der Waals surface area (Å²) < 4.78 is 1.25. The molecule has 3 N–H and O–H groups in total. The van der Waals surface area contributed by atoms with Crippen molar-refractivity contribution < 1.29 is 5.11 Å². The van der Waals surface area contributed by atoms with Crippen LogP contribution in [0, 0.1) is 0 Å². The molecule has 0 radical (unpaired) electrons. The number of aromatic nitrogens is 2. The van der Waals surface area contributed by atoms with Gasteiger partial charge in [-0.3, -0.25) is 4.57 Å². The quantitative estimate of drug-likeness (QED) is 0.215. The summed E-state index contributed by atoms with van der Waals surface area (Å²) in [6.45, 7) is 4.23. The number of thioether (sulfide) groups is 1. The molecule has 0 aliphatic carbocycles. The van der Waals surface area contributed by atoms with Crippen molar-refractivity contribution in [2.45, 2.75) is 128 Å². The van der Waals surface area contributed by atoms with E-state index in [1.54, 1.807) is 11.8 Å². The lowest BCUT2D eigenvalue weighted by atomic mass is 10.0. The van der Waals surface area contributed by atoms with E-state index in [-0.39, 0.29) is 11.1 Å². The van der Waals surface area contributed by atoms with E-state index >= 15 is 0 Å². The fraction of sp³-hybridized carbons (Fsp3) is 0.840. The van der Waals surface area contributed by atoms with Gasteiger partial charge in [-0.1, -0.05) is 103 Å². The molecule has 1 heterocycles. The lowest BCUT2D eigenvalue weighted by molar-refractivity contribution is 0.100. The highest BCUT2D eigenvalue weighted by Gasteiger charge is 2.17. The van der Waals surface area contributed by atoms with Crippen LogP contribution in [0.5, 0.6) is 0 Å². The highest BCUT2D eigenvalue weighted by molar-refractivity contribution is 7.99. The molecule has 0 aliphatic heterocycles. The summed E-state index contributed by atoms with van der Waals surface area (Å²) in [7, 11) is 0. The average Bonchev–Trinajstić information content (AvgIpc) is 2.75. The minimum atomic E-state index is -0.869. The lowest BCUT2D eigenvalue weighted by Gasteiger charge is -2.20. The molecule has 0 spiro atoms. The molecular weight excluding hydrogens is 406 g/mol. The predicted octanol–water partition coefficient (Wildman–Crippen LogP) is 6.70. The number of nitrogen functional groups attached to an aromatic ring is 1. The van der Waals surface area contributed by atoms with Gasteiger partial charge < -0.3 is 10.8 Å². The molecule has 0 fully saturated rings. The zero-order chi connectivity index (χ0) is 22.7. The Morgan fingerprint density at radius 3 is 1.81 bits per heavy atom. The van der Waals surface area contributed by atoms with Gasteiger partial charge in [0.2, 0.25) is 0 Å². The first-order chi connectivity index (χ1) is 15.1. The standard InChI is InChI=1S/C25H47N3O2S/c1-3-4-5-6-7-8-9-10-11-12-13-14-15-16-17-18-21-31-22(2)24(29)28-20-19-23(26)27-25(28)30/h19-20,22,24,29H,3-18,21H2,1-2H3,(H2,26,27,30). The highest BCUT2D eigenvalue weighted by atomic mass is 32.2. The van der Waals surface area contributed by atoms with E-state index in [1.165, 1.54) is 113 Å². The van der Waals surface area contributed by atoms with E-state index in [1.807, 2.05) is 6.92 Å². The summed E-state index contributed by atoms with van der Waals surface area (Å²) in [5.41, 5.74) is 5.00. The topological polar surface area (TPSA) is 81.1 Å². The van der Waals surface area contributed by atoms with Crippen molar-refractivity contribution in [2.75, 3.05) is 11.5 Å². The number of unbranched alkanes of at least 4 members (excludes halogenated alkanes) is 15. The van der Waals surface area contributed by atoms with Gasteiger partial charge in [-0.2, -0.15) is 16.7 Å². The van der Waals surface area contributed by atoms with Crippen molar-refractivity contribution >= 4 is 17.6 Å². The number of aliphatic hydroxyl groups is 1. The maximum atomic E-state index is 11.8.